The molecule has 1 atom stereocenters. The third kappa shape index (κ3) is 4.36. The third-order valence-electron chi connectivity index (χ3n) is 4.49. The summed E-state index contributed by atoms with van der Waals surface area (Å²) in [5.74, 6) is 1.04. The van der Waals surface area contributed by atoms with Crippen LogP contribution in [0.3, 0.4) is 0 Å². The van der Waals surface area contributed by atoms with Crippen molar-refractivity contribution in [2.75, 3.05) is 13.2 Å². The number of non-ortho nitro benzene ring substituents is 1. The molecule has 7 nitrogen and oxygen atoms in total. The molecule has 0 spiro atoms. The van der Waals surface area contributed by atoms with Gasteiger partial charge >= 0.3 is 0 Å². The number of rotatable bonds is 5. The van der Waals surface area contributed by atoms with Gasteiger partial charge in [0.2, 0.25) is 0 Å². The van der Waals surface area contributed by atoms with Crippen LogP contribution >= 0.6 is 11.6 Å². The number of hydrogen-bond acceptors (Lipinski definition) is 5. The molecule has 0 aliphatic carbocycles. The van der Waals surface area contributed by atoms with Crippen LogP contribution in [0.4, 0.5) is 5.69 Å². The summed E-state index contributed by atoms with van der Waals surface area (Å²) in [7, 11) is 0. The lowest BCUT2D eigenvalue weighted by atomic mass is 9.95. The fourth-order valence-corrected chi connectivity index (χ4v) is 3.29. The highest BCUT2D eigenvalue weighted by atomic mass is 35.5. The summed E-state index contributed by atoms with van der Waals surface area (Å²) >= 11 is 6.09. The maximum Gasteiger partial charge on any atom is 0.270 e. The number of nitro groups is 1. The van der Waals surface area contributed by atoms with E-state index in [9.17, 15) is 14.9 Å². The molecule has 0 radical (unpaired) electrons. The normalized spacial score (nSPS) is 14.3. The lowest BCUT2D eigenvalue weighted by molar-refractivity contribution is -0.384. The van der Waals surface area contributed by atoms with Gasteiger partial charge in [0.25, 0.3) is 11.6 Å². The van der Waals surface area contributed by atoms with Crippen molar-refractivity contribution in [1.29, 1.82) is 0 Å². The van der Waals surface area contributed by atoms with Crippen LogP contribution in [-0.2, 0) is 0 Å². The van der Waals surface area contributed by atoms with Gasteiger partial charge in [0.05, 0.1) is 34.8 Å². The summed E-state index contributed by atoms with van der Waals surface area (Å²) in [5, 5.41) is 13.9. The first-order valence-electron chi connectivity index (χ1n) is 9.01. The zero-order valence-electron chi connectivity index (χ0n) is 15.6. The van der Waals surface area contributed by atoms with Crippen molar-refractivity contribution in [3.05, 3.63) is 62.7 Å². The lowest BCUT2D eigenvalue weighted by Gasteiger charge is -2.24. The first kappa shape index (κ1) is 19.9. The van der Waals surface area contributed by atoms with E-state index < -0.39 is 10.8 Å². The van der Waals surface area contributed by atoms with Crippen LogP contribution in [0.15, 0.2) is 36.4 Å². The van der Waals surface area contributed by atoms with Crippen molar-refractivity contribution >= 4 is 23.2 Å². The van der Waals surface area contributed by atoms with Crippen LogP contribution in [0.1, 0.15) is 42.2 Å². The smallest absolute Gasteiger partial charge is 0.270 e. The largest absolute Gasteiger partial charge is 0.490 e. The van der Waals surface area contributed by atoms with Crippen molar-refractivity contribution < 1.29 is 19.2 Å². The minimum Gasteiger partial charge on any atom is -0.490 e. The molecule has 0 saturated heterocycles. The summed E-state index contributed by atoms with van der Waals surface area (Å²) in [4.78, 5) is 23.1. The molecule has 0 fully saturated rings. The Balaban J connectivity index is 1.85. The molecule has 1 N–H and O–H groups in total. The van der Waals surface area contributed by atoms with Crippen molar-refractivity contribution in [1.82, 2.24) is 5.32 Å². The first-order valence-corrected chi connectivity index (χ1v) is 9.39. The molecule has 0 saturated carbocycles. The Kier molecular flexibility index (Phi) is 6.04. The van der Waals surface area contributed by atoms with Gasteiger partial charge in [-0.1, -0.05) is 31.5 Å². The Labute approximate surface area is 167 Å². The van der Waals surface area contributed by atoms with Crippen molar-refractivity contribution in [3.8, 4) is 11.5 Å². The number of halogens is 1. The van der Waals surface area contributed by atoms with Crippen LogP contribution in [0.2, 0.25) is 5.02 Å². The first-order chi connectivity index (χ1) is 13.4. The van der Waals surface area contributed by atoms with E-state index in [1.54, 1.807) is 0 Å². The predicted octanol–water partition coefficient (Wildman–Crippen LogP) is 4.54. The van der Waals surface area contributed by atoms with Crippen molar-refractivity contribution in [2.45, 2.75) is 26.3 Å². The van der Waals surface area contributed by atoms with Gasteiger partial charge < -0.3 is 14.8 Å². The summed E-state index contributed by atoms with van der Waals surface area (Å²) in [6, 6.07) is 9.12. The number of nitrogens with one attached hydrogen (secondary N) is 1. The monoisotopic (exact) mass is 404 g/mol. The molecule has 3 rings (SSSR count). The standard InChI is InChI=1S/C20H21ClN2O5/c1-12(2)19(13-4-7-17-18(10-13)28-9-3-8-27-17)22-20(24)15-6-5-14(23(25)26)11-16(15)21/h4-7,10-12,19H,3,8-9H2,1-2H3,(H,22,24)/t19-/m1/s1. The minimum atomic E-state index is -0.553. The number of benzene rings is 2. The zero-order chi connectivity index (χ0) is 20.3. The van der Waals surface area contributed by atoms with Gasteiger partial charge in [-0.2, -0.15) is 0 Å². The fraction of sp³-hybridized carbons (Fsp3) is 0.350. The fourth-order valence-electron chi connectivity index (χ4n) is 3.03. The van der Waals surface area contributed by atoms with E-state index >= 15 is 0 Å². The Hall–Kier alpha value is -2.80. The van der Waals surface area contributed by atoms with Gasteiger partial charge in [-0.3, -0.25) is 14.9 Å². The Morgan fingerprint density at radius 1 is 1.14 bits per heavy atom. The quantitative estimate of drug-likeness (QED) is 0.583. The molecule has 28 heavy (non-hydrogen) atoms. The summed E-state index contributed by atoms with van der Waals surface area (Å²) in [6.07, 6.45) is 0.813. The summed E-state index contributed by atoms with van der Waals surface area (Å²) in [5.41, 5.74) is 0.905. The molecule has 0 bridgehead atoms. The number of amides is 1. The molecular weight excluding hydrogens is 384 g/mol. The summed E-state index contributed by atoms with van der Waals surface area (Å²) < 4.78 is 11.4. The van der Waals surface area contributed by atoms with Gasteiger partial charge in [0.15, 0.2) is 11.5 Å². The molecule has 1 aliphatic rings. The van der Waals surface area contributed by atoms with Gasteiger partial charge in [-0.15, -0.1) is 0 Å². The predicted molar refractivity (Wildman–Crippen MR) is 105 cm³/mol. The third-order valence-corrected chi connectivity index (χ3v) is 4.80. The van der Waals surface area contributed by atoms with Crippen LogP contribution in [0.25, 0.3) is 0 Å². The lowest BCUT2D eigenvalue weighted by Crippen LogP contribution is -2.32. The number of nitrogens with zero attached hydrogens (tertiary/aromatic N) is 1. The molecule has 2 aromatic carbocycles. The molecule has 148 valence electrons. The topological polar surface area (TPSA) is 90.7 Å². The molecule has 0 unspecified atom stereocenters. The van der Waals surface area contributed by atoms with Crippen LogP contribution < -0.4 is 14.8 Å². The van der Waals surface area contributed by atoms with Crippen LogP contribution in [-0.4, -0.2) is 24.0 Å². The molecule has 1 aliphatic heterocycles. The maximum atomic E-state index is 12.8. The molecular formula is C20H21ClN2O5. The van der Waals surface area contributed by atoms with E-state index in [0.717, 1.165) is 12.0 Å². The highest BCUT2D eigenvalue weighted by Gasteiger charge is 2.23. The van der Waals surface area contributed by atoms with Crippen molar-refractivity contribution in [3.63, 3.8) is 0 Å². The zero-order valence-corrected chi connectivity index (χ0v) is 16.4. The van der Waals surface area contributed by atoms with Crippen LogP contribution in [0.5, 0.6) is 11.5 Å². The number of fused-ring (bicyclic) bond motifs is 1. The van der Waals surface area contributed by atoms with E-state index in [-0.39, 0.29) is 28.2 Å². The van der Waals surface area contributed by atoms with Gasteiger partial charge in [-0.05, 0) is 29.7 Å². The second kappa shape index (κ2) is 8.48. The average molecular weight is 405 g/mol. The van der Waals surface area contributed by atoms with Crippen molar-refractivity contribution in [2.24, 2.45) is 5.92 Å². The van der Waals surface area contributed by atoms with E-state index in [1.165, 1.54) is 18.2 Å². The minimum absolute atomic E-state index is 0.0351. The Morgan fingerprint density at radius 2 is 1.86 bits per heavy atom. The molecule has 0 aromatic heterocycles. The van der Waals surface area contributed by atoms with E-state index in [1.807, 2.05) is 32.0 Å². The van der Waals surface area contributed by atoms with E-state index in [4.69, 9.17) is 21.1 Å². The van der Waals surface area contributed by atoms with E-state index in [2.05, 4.69) is 5.32 Å². The molecule has 2 aromatic rings. The number of carbonyl (C=O) groups is 1. The Bertz CT molecular complexity index is 900. The Morgan fingerprint density at radius 3 is 2.50 bits per heavy atom. The average Bonchev–Trinajstić information content (AvgIpc) is 2.90. The van der Waals surface area contributed by atoms with Crippen LogP contribution in [0, 0.1) is 16.0 Å². The maximum absolute atomic E-state index is 12.8. The van der Waals surface area contributed by atoms with Gasteiger partial charge in [0.1, 0.15) is 0 Å². The van der Waals surface area contributed by atoms with Gasteiger partial charge in [0, 0.05) is 18.6 Å². The highest BCUT2D eigenvalue weighted by Crippen LogP contribution is 2.34. The molecule has 1 amide bonds. The number of hydrogen-bond donors (Lipinski definition) is 1. The number of carbonyl (C=O) groups excluding carboxylic acids is 1. The SMILES string of the molecule is CC(C)[C@@H](NC(=O)c1ccc([N+](=O)[O-])cc1Cl)c1ccc2c(c1)OCCCO2. The molecule has 1 heterocycles. The van der Waals surface area contributed by atoms with E-state index in [0.29, 0.717) is 24.7 Å². The second-order valence-corrected chi connectivity index (χ2v) is 7.28. The number of ether oxygens (including phenoxy) is 2. The van der Waals surface area contributed by atoms with Gasteiger partial charge in [-0.25, -0.2) is 0 Å². The number of nitro benzene ring substituents is 1. The summed E-state index contributed by atoms with van der Waals surface area (Å²) in [6.45, 7) is 5.17. The second-order valence-electron chi connectivity index (χ2n) is 6.87. The highest BCUT2D eigenvalue weighted by molar-refractivity contribution is 6.34. The molecule has 8 heteroatoms.